The lowest BCUT2D eigenvalue weighted by Crippen LogP contribution is -2.19. The first kappa shape index (κ1) is 24.4. The highest BCUT2D eigenvalue weighted by Crippen LogP contribution is 2.28. The Morgan fingerprint density at radius 1 is 1.29 bits per heavy atom. The lowest BCUT2D eigenvalue weighted by atomic mass is 10.00. The number of rotatable bonds is 12. The van der Waals surface area contributed by atoms with Crippen molar-refractivity contribution >= 4 is 17.7 Å². The van der Waals surface area contributed by atoms with Gasteiger partial charge >= 0.3 is 5.97 Å². The van der Waals surface area contributed by atoms with Crippen molar-refractivity contribution in [3.05, 3.63) is 40.6 Å². The van der Waals surface area contributed by atoms with Crippen LogP contribution in [0.15, 0.2) is 18.2 Å². The zero-order valence-corrected chi connectivity index (χ0v) is 18.9. The zero-order chi connectivity index (χ0) is 22.8. The van der Waals surface area contributed by atoms with Gasteiger partial charge in [-0.15, -0.1) is 0 Å². The number of aliphatic hydroxyl groups excluding tert-OH is 1. The Morgan fingerprint density at radius 3 is 2.74 bits per heavy atom. The van der Waals surface area contributed by atoms with Crippen LogP contribution in [-0.2, 0) is 22.4 Å². The van der Waals surface area contributed by atoms with E-state index in [1.165, 1.54) is 0 Å². The molecule has 0 aliphatic carbocycles. The molecule has 0 aliphatic rings. The normalized spacial score (nSPS) is 11.8. The molecule has 1 unspecified atom stereocenters. The first-order valence-corrected chi connectivity index (χ1v) is 10.7. The topological polar surface area (TPSA) is 120 Å². The number of nitrogen functional groups attached to an aromatic ring is 1. The number of carbonyl (C=O) groups is 1. The lowest BCUT2D eigenvalue weighted by Gasteiger charge is -2.19. The van der Waals surface area contributed by atoms with Gasteiger partial charge in [0.1, 0.15) is 11.6 Å². The number of methoxy groups -OCH3 is 1. The van der Waals surface area contributed by atoms with Gasteiger partial charge in [0.15, 0.2) is 0 Å². The minimum absolute atomic E-state index is 0.174. The van der Waals surface area contributed by atoms with E-state index in [1.54, 1.807) is 14.0 Å². The fourth-order valence-electron chi connectivity index (χ4n) is 3.43. The van der Waals surface area contributed by atoms with Crippen LogP contribution in [0, 0.1) is 6.92 Å². The van der Waals surface area contributed by atoms with Gasteiger partial charge in [-0.25, -0.2) is 4.98 Å². The SMILES string of the molecule is CCOC(=O)Cc1ccc(Cc2c(C)nc(N)nc2NC(C)CCCCO)c(OC)c1. The quantitative estimate of drug-likeness (QED) is 0.347. The summed E-state index contributed by atoms with van der Waals surface area (Å²) in [6.45, 7) is 6.34. The van der Waals surface area contributed by atoms with E-state index in [4.69, 9.17) is 20.3 Å². The average molecular weight is 431 g/mol. The molecule has 1 atom stereocenters. The van der Waals surface area contributed by atoms with Gasteiger partial charge in [-0.05, 0) is 57.2 Å². The number of hydrogen-bond donors (Lipinski definition) is 3. The number of nitrogens with zero attached hydrogens (tertiary/aromatic N) is 2. The molecule has 4 N–H and O–H groups in total. The highest BCUT2D eigenvalue weighted by Gasteiger charge is 2.16. The van der Waals surface area contributed by atoms with Gasteiger partial charge in [0.05, 0.1) is 20.1 Å². The van der Waals surface area contributed by atoms with E-state index in [2.05, 4.69) is 22.2 Å². The molecule has 1 aromatic carbocycles. The van der Waals surface area contributed by atoms with Crippen LogP contribution in [0.25, 0.3) is 0 Å². The summed E-state index contributed by atoms with van der Waals surface area (Å²) in [4.78, 5) is 20.6. The van der Waals surface area contributed by atoms with E-state index in [1.807, 2.05) is 25.1 Å². The van der Waals surface area contributed by atoms with Crippen LogP contribution in [0.1, 0.15) is 55.5 Å². The van der Waals surface area contributed by atoms with Gasteiger partial charge in [0, 0.05) is 30.3 Å². The van der Waals surface area contributed by atoms with Crippen molar-refractivity contribution in [1.82, 2.24) is 9.97 Å². The molecule has 0 radical (unpaired) electrons. The summed E-state index contributed by atoms with van der Waals surface area (Å²) in [7, 11) is 1.61. The van der Waals surface area contributed by atoms with Gasteiger partial charge < -0.3 is 25.6 Å². The summed E-state index contributed by atoms with van der Waals surface area (Å²) in [5, 5.41) is 12.4. The number of esters is 1. The summed E-state index contributed by atoms with van der Waals surface area (Å²) in [5.41, 5.74) is 9.44. The number of unbranched alkanes of at least 4 members (excludes halogenated alkanes) is 1. The predicted molar refractivity (Wildman–Crippen MR) is 121 cm³/mol. The summed E-state index contributed by atoms with van der Waals surface area (Å²) < 4.78 is 10.6. The van der Waals surface area contributed by atoms with Crippen molar-refractivity contribution in [2.45, 2.75) is 58.9 Å². The Balaban J connectivity index is 2.25. The number of ether oxygens (including phenoxy) is 2. The second-order valence-electron chi connectivity index (χ2n) is 7.56. The fraction of sp³-hybridized carbons (Fsp3) is 0.522. The third-order valence-corrected chi connectivity index (χ3v) is 5.03. The Kier molecular flexibility index (Phi) is 9.52. The van der Waals surface area contributed by atoms with Crippen LogP contribution >= 0.6 is 0 Å². The maximum atomic E-state index is 11.8. The Morgan fingerprint density at radius 2 is 2.06 bits per heavy atom. The number of nitrogens with two attached hydrogens (primary N) is 1. The largest absolute Gasteiger partial charge is 0.496 e. The number of hydrogen-bond acceptors (Lipinski definition) is 8. The molecule has 8 heteroatoms. The zero-order valence-electron chi connectivity index (χ0n) is 18.9. The first-order valence-electron chi connectivity index (χ1n) is 10.7. The van der Waals surface area contributed by atoms with Crippen molar-refractivity contribution < 1.29 is 19.4 Å². The number of aromatic nitrogens is 2. The van der Waals surface area contributed by atoms with Gasteiger partial charge in [-0.2, -0.15) is 4.98 Å². The summed E-state index contributed by atoms with van der Waals surface area (Å²) in [6, 6.07) is 5.90. The first-order chi connectivity index (χ1) is 14.9. The fourth-order valence-corrected chi connectivity index (χ4v) is 3.43. The van der Waals surface area contributed by atoms with Crippen LogP contribution in [0.4, 0.5) is 11.8 Å². The molecule has 1 heterocycles. The van der Waals surface area contributed by atoms with E-state index < -0.39 is 0 Å². The molecule has 0 spiro atoms. The van der Waals surface area contributed by atoms with Gasteiger partial charge in [0.2, 0.25) is 5.95 Å². The molecule has 1 aromatic heterocycles. The van der Waals surface area contributed by atoms with E-state index in [-0.39, 0.29) is 31.0 Å². The smallest absolute Gasteiger partial charge is 0.310 e. The molecule has 0 fully saturated rings. The van der Waals surface area contributed by atoms with Crippen molar-refractivity contribution in [2.75, 3.05) is 31.4 Å². The molecule has 0 aliphatic heterocycles. The summed E-state index contributed by atoms with van der Waals surface area (Å²) in [6.07, 6.45) is 3.37. The molecule has 2 rings (SSSR count). The molecular weight excluding hydrogens is 396 g/mol. The third kappa shape index (κ3) is 7.40. The molecule has 8 nitrogen and oxygen atoms in total. The summed E-state index contributed by atoms with van der Waals surface area (Å²) >= 11 is 0. The second-order valence-corrected chi connectivity index (χ2v) is 7.56. The predicted octanol–water partition coefficient (Wildman–Crippen LogP) is 3.04. The maximum Gasteiger partial charge on any atom is 0.310 e. The Hall–Kier alpha value is -2.87. The van der Waals surface area contributed by atoms with E-state index in [0.29, 0.717) is 24.6 Å². The number of aliphatic hydroxyl groups is 1. The number of nitrogens with one attached hydrogen (secondary N) is 1. The van der Waals surface area contributed by atoms with Crippen molar-refractivity contribution in [1.29, 1.82) is 0 Å². The van der Waals surface area contributed by atoms with Gasteiger partial charge in [0.25, 0.3) is 0 Å². The average Bonchev–Trinajstić information content (AvgIpc) is 2.71. The highest BCUT2D eigenvalue weighted by atomic mass is 16.5. The molecule has 0 bridgehead atoms. The standard InChI is InChI=1S/C23H34N4O4/c1-5-31-21(29)13-17-9-10-18(20(12-17)30-4)14-19-16(3)26-23(24)27-22(19)25-15(2)8-6-7-11-28/h9-10,12,15,28H,5-8,11,13-14H2,1-4H3,(H3,24,25,26,27). The Labute approximate surface area is 184 Å². The lowest BCUT2D eigenvalue weighted by molar-refractivity contribution is -0.142. The number of carbonyl (C=O) groups excluding carboxylic acids is 1. The molecule has 2 aromatic rings. The molecule has 0 saturated heterocycles. The van der Waals surface area contributed by atoms with Crippen LogP contribution in [0.2, 0.25) is 0 Å². The van der Waals surface area contributed by atoms with Crippen LogP contribution in [0.5, 0.6) is 5.75 Å². The molecule has 170 valence electrons. The molecule has 31 heavy (non-hydrogen) atoms. The minimum atomic E-state index is -0.262. The molecule has 0 saturated carbocycles. The van der Waals surface area contributed by atoms with Crippen LogP contribution in [0.3, 0.4) is 0 Å². The number of anilines is 2. The van der Waals surface area contributed by atoms with Gasteiger partial charge in [-0.1, -0.05) is 12.1 Å². The highest BCUT2D eigenvalue weighted by molar-refractivity contribution is 5.72. The van der Waals surface area contributed by atoms with Gasteiger partial charge in [-0.3, -0.25) is 4.79 Å². The monoisotopic (exact) mass is 430 g/mol. The van der Waals surface area contributed by atoms with Crippen molar-refractivity contribution in [3.8, 4) is 5.75 Å². The van der Waals surface area contributed by atoms with Crippen LogP contribution in [-0.4, -0.2) is 47.4 Å². The molecular formula is C23H34N4O4. The second kappa shape index (κ2) is 12.1. The van der Waals surface area contributed by atoms with E-state index in [0.717, 1.165) is 41.6 Å². The Bertz CT molecular complexity index is 873. The number of benzene rings is 1. The summed E-state index contributed by atoms with van der Waals surface area (Å²) in [5.74, 6) is 1.36. The maximum absolute atomic E-state index is 11.8. The van der Waals surface area contributed by atoms with E-state index in [9.17, 15) is 4.79 Å². The molecule has 0 amide bonds. The van der Waals surface area contributed by atoms with Crippen molar-refractivity contribution in [2.24, 2.45) is 0 Å². The minimum Gasteiger partial charge on any atom is -0.496 e. The number of aryl methyl sites for hydroxylation is 1. The van der Waals surface area contributed by atoms with Crippen molar-refractivity contribution in [3.63, 3.8) is 0 Å². The van der Waals surface area contributed by atoms with E-state index >= 15 is 0 Å². The third-order valence-electron chi connectivity index (χ3n) is 5.03. The van der Waals surface area contributed by atoms with Crippen LogP contribution < -0.4 is 15.8 Å².